The predicted octanol–water partition coefficient (Wildman–Crippen LogP) is 12.1. The number of benzene rings is 2. The molecular formula is C56H91NO15S2. The number of allylic oxidation sites excluding steroid dienone is 1. The van der Waals surface area contributed by atoms with E-state index in [4.69, 9.17) is 27.9 Å². The fraction of sp³-hybridized carbons (Fsp3) is 0.714. The zero-order chi connectivity index (χ0) is 53.7. The first kappa shape index (κ1) is 65.0. The Morgan fingerprint density at radius 3 is 1.59 bits per heavy atom. The molecule has 3 N–H and O–H groups in total. The van der Waals surface area contributed by atoms with Crippen molar-refractivity contribution < 1.29 is 67.6 Å². The summed E-state index contributed by atoms with van der Waals surface area (Å²) in [6.45, 7) is 4.16. The summed E-state index contributed by atoms with van der Waals surface area (Å²) in [5, 5.41) is 3.14. The highest BCUT2D eigenvalue weighted by atomic mass is 32.3. The maximum Gasteiger partial charge on any atom is 0.397 e. The van der Waals surface area contributed by atoms with Gasteiger partial charge in [0.05, 0.1) is 38.6 Å². The molecule has 1 aliphatic rings. The molecule has 3 rings (SSSR count). The molecule has 16 nitrogen and oxygen atoms in total. The van der Waals surface area contributed by atoms with Crippen molar-refractivity contribution in [2.24, 2.45) is 0 Å². The lowest BCUT2D eigenvalue weighted by atomic mass is 9.98. The average molecular weight is 1080 g/mol. The topological polar surface area (TPSA) is 220 Å². The van der Waals surface area contributed by atoms with Crippen molar-refractivity contribution in [3.8, 4) is 0 Å². The Balaban J connectivity index is 1.87. The summed E-state index contributed by atoms with van der Waals surface area (Å²) < 4.78 is 109. The summed E-state index contributed by atoms with van der Waals surface area (Å²) in [6, 6.07) is 17.5. The molecule has 1 amide bonds. The Morgan fingerprint density at radius 2 is 1.11 bits per heavy atom. The van der Waals surface area contributed by atoms with Gasteiger partial charge in [-0.25, -0.2) is 8.37 Å². The smallest absolute Gasteiger partial charge is 0.397 e. The molecule has 0 bridgehead atoms. The average Bonchev–Trinajstić information content (AvgIpc) is 3.36. The molecule has 1 aliphatic heterocycles. The summed E-state index contributed by atoms with van der Waals surface area (Å²) >= 11 is 0. The van der Waals surface area contributed by atoms with Gasteiger partial charge in [-0.1, -0.05) is 228 Å². The molecule has 18 heteroatoms. The van der Waals surface area contributed by atoms with E-state index in [9.17, 15) is 35.5 Å². The molecule has 0 saturated carbocycles. The summed E-state index contributed by atoms with van der Waals surface area (Å²) in [6.07, 6.45) is 24.1. The van der Waals surface area contributed by atoms with Crippen LogP contribution in [-0.4, -0.2) is 93.9 Å². The Bertz CT molecular complexity index is 2010. The molecule has 1 fully saturated rings. The van der Waals surface area contributed by atoms with Crippen LogP contribution < -0.4 is 5.32 Å². The maximum absolute atomic E-state index is 13.9. The van der Waals surface area contributed by atoms with Gasteiger partial charge in [-0.2, -0.15) is 16.8 Å². The van der Waals surface area contributed by atoms with Crippen molar-refractivity contribution in [1.29, 1.82) is 0 Å². The lowest BCUT2D eigenvalue weighted by molar-refractivity contribution is -0.310. The second kappa shape index (κ2) is 39.1. The van der Waals surface area contributed by atoms with E-state index in [1.54, 1.807) is 30.3 Å². The Kier molecular flexibility index (Phi) is 34.4. The van der Waals surface area contributed by atoms with Crippen LogP contribution >= 0.6 is 0 Å². The molecule has 1 saturated heterocycles. The minimum Gasteiger partial charge on any atom is -0.457 e. The van der Waals surface area contributed by atoms with Crippen LogP contribution in [0.25, 0.3) is 0 Å². The van der Waals surface area contributed by atoms with Gasteiger partial charge in [-0.05, 0) is 30.4 Å². The number of rotatable bonds is 44. The third kappa shape index (κ3) is 31.1. The summed E-state index contributed by atoms with van der Waals surface area (Å²) in [4.78, 5) is 26.4. The van der Waals surface area contributed by atoms with Gasteiger partial charge in [0, 0.05) is 13.3 Å². The number of unbranched alkanes of at least 4 members (excludes halogenated alkanes) is 23. The molecule has 0 unspecified atom stereocenters. The minimum atomic E-state index is -5.32. The zero-order valence-electron chi connectivity index (χ0n) is 44.7. The number of hydrogen-bond acceptors (Lipinski definition) is 13. The van der Waals surface area contributed by atoms with Crippen molar-refractivity contribution in [3.05, 3.63) is 83.9 Å². The number of carbonyl (C=O) groups excluding carboxylic acids is 2. The third-order valence-electron chi connectivity index (χ3n) is 13.1. The Hall–Kier alpha value is -3.30. The van der Waals surface area contributed by atoms with Gasteiger partial charge in [-0.15, -0.1) is 0 Å². The van der Waals surface area contributed by atoms with Crippen LogP contribution in [0.1, 0.15) is 199 Å². The number of amides is 1. The normalized spacial score (nSPS) is 19.1. The second-order valence-corrected chi connectivity index (χ2v) is 21.7. The quantitative estimate of drug-likeness (QED) is 0.0243. The van der Waals surface area contributed by atoms with Gasteiger partial charge in [0.15, 0.2) is 12.4 Å². The lowest BCUT2D eigenvalue weighted by Gasteiger charge is -2.44. The molecular weight excluding hydrogens is 991 g/mol. The molecule has 2 aromatic rings. The van der Waals surface area contributed by atoms with Crippen LogP contribution in [0.5, 0.6) is 0 Å². The number of nitrogens with one attached hydrogen (secondary N) is 1. The van der Waals surface area contributed by atoms with Gasteiger partial charge in [-0.3, -0.25) is 18.7 Å². The van der Waals surface area contributed by atoms with Gasteiger partial charge in [0.2, 0.25) is 5.91 Å². The van der Waals surface area contributed by atoms with E-state index in [0.29, 0.717) is 12.0 Å². The monoisotopic (exact) mass is 1080 g/mol. The molecule has 1 heterocycles. The molecule has 0 aromatic heterocycles. The summed E-state index contributed by atoms with van der Waals surface area (Å²) in [7, 11) is -10.4. The zero-order valence-corrected chi connectivity index (χ0v) is 46.3. The van der Waals surface area contributed by atoms with Crippen molar-refractivity contribution >= 4 is 32.7 Å². The van der Waals surface area contributed by atoms with E-state index in [-0.39, 0.29) is 32.1 Å². The molecule has 0 aliphatic carbocycles. The summed E-state index contributed by atoms with van der Waals surface area (Å²) in [5.41, 5.74) is 1.52. The number of carbonyl (C=O) groups is 2. The van der Waals surface area contributed by atoms with E-state index < -0.39 is 76.2 Å². The van der Waals surface area contributed by atoms with Crippen molar-refractivity contribution in [1.82, 2.24) is 5.32 Å². The van der Waals surface area contributed by atoms with Gasteiger partial charge in [0.25, 0.3) is 0 Å². The van der Waals surface area contributed by atoms with E-state index in [2.05, 4.69) is 23.3 Å². The minimum absolute atomic E-state index is 0.178. The van der Waals surface area contributed by atoms with E-state index in [0.717, 1.165) is 57.4 Å². The highest BCUT2D eigenvalue weighted by Gasteiger charge is 2.52. The van der Waals surface area contributed by atoms with Crippen LogP contribution in [0.2, 0.25) is 0 Å². The first-order valence-corrected chi connectivity index (χ1v) is 30.4. The molecule has 0 radical (unpaired) electrons. The fourth-order valence-electron chi connectivity index (χ4n) is 9.06. The van der Waals surface area contributed by atoms with E-state index in [1.165, 1.54) is 109 Å². The fourth-order valence-corrected chi connectivity index (χ4v) is 9.86. The van der Waals surface area contributed by atoms with Gasteiger partial charge in [0.1, 0.15) is 18.3 Å². The van der Waals surface area contributed by atoms with Crippen LogP contribution in [0, 0.1) is 0 Å². The van der Waals surface area contributed by atoms with Crippen molar-refractivity contribution in [2.75, 3.05) is 13.2 Å². The SMILES string of the molecule is CCCCCCCCCCCCC/C=C/[C@@H](OCc1ccccc1)[C@H](CO[C@@H]1O[C@@H](COS(=O)(=O)O)[C@@H](OC(C)=O)[C@H](OS(=O)(=O)O)[C@@H]1OCc1ccccc1)NC(=O)CCCCCCCCCCCCCCC. The Labute approximate surface area is 444 Å². The van der Waals surface area contributed by atoms with Crippen molar-refractivity contribution in [2.45, 2.75) is 244 Å². The summed E-state index contributed by atoms with van der Waals surface area (Å²) in [5.74, 6) is -1.19. The molecule has 0 spiro atoms. The van der Waals surface area contributed by atoms with Crippen LogP contribution in [0.4, 0.5) is 0 Å². The standard InChI is InChI=1S/C56H91NO15S2/c1-4-6-8-10-12-14-16-18-20-22-24-26-34-40-50(66-42-47-36-30-28-31-37-47)49(57-52(59)41-35-27-25-23-21-19-17-15-13-11-9-7-5-2)44-68-56-55(67-43-48-38-32-29-33-39-48)54(72-74(63,64)65)53(70-46(3)58)51(71-56)45-69-73(60,61)62/h28-34,36-40,49-51,53-56H,4-27,35,41-45H2,1-3H3,(H,57,59)(H,60,61,62)(H,63,64,65)/b40-34+/t49-,50+,51-,53+,54-,55-,56+/m0/s1. The molecule has 74 heavy (non-hydrogen) atoms. The molecule has 7 atom stereocenters. The first-order chi connectivity index (χ1) is 35.7. The number of hydrogen-bond donors (Lipinski definition) is 3. The van der Waals surface area contributed by atoms with Crippen molar-refractivity contribution in [3.63, 3.8) is 0 Å². The van der Waals surface area contributed by atoms with E-state index >= 15 is 0 Å². The largest absolute Gasteiger partial charge is 0.457 e. The van der Waals surface area contributed by atoms with Gasteiger partial charge < -0.3 is 29.0 Å². The first-order valence-electron chi connectivity index (χ1n) is 27.7. The van der Waals surface area contributed by atoms with Crippen LogP contribution in [0.3, 0.4) is 0 Å². The highest BCUT2D eigenvalue weighted by molar-refractivity contribution is 7.81. The predicted molar refractivity (Wildman–Crippen MR) is 287 cm³/mol. The van der Waals surface area contributed by atoms with Crippen LogP contribution in [-0.2, 0) is 75.7 Å². The number of ether oxygens (including phenoxy) is 5. The lowest BCUT2D eigenvalue weighted by Crippen LogP contribution is -2.63. The molecule has 422 valence electrons. The van der Waals surface area contributed by atoms with Crippen LogP contribution in [0.15, 0.2) is 72.8 Å². The Morgan fingerprint density at radius 1 is 0.622 bits per heavy atom. The maximum atomic E-state index is 13.9. The highest BCUT2D eigenvalue weighted by Crippen LogP contribution is 2.32. The third-order valence-corrected chi connectivity index (χ3v) is 14.0. The number of esters is 1. The van der Waals surface area contributed by atoms with Gasteiger partial charge >= 0.3 is 26.8 Å². The van der Waals surface area contributed by atoms with E-state index in [1.807, 2.05) is 42.5 Å². The molecule has 2 aromatic carbocycles. The second-order valence-electron chi connectivity index (χ2n) is 19.6.